The van der Waals surface area contributed by atoms with E-state index in [0.29, 0.717) is 13.1 Å². The summed E-state index contributed by atoms with van der Waals surface area (Å²) in [5, 5.41) is 11.0. The largest absolute Gasteiger partial charge is 0.481 e. The molecule has 2 amide bonds. The normalized spacial score (nSPS) is 14.3. The number of carbonyl (C=O) groups is 2. The Balaban J connectivity index is 0.000000321. The smallest absolute Gasteiger partial charge is 0.314 e. The van der Waals surface area contributed by atoms with Crippen LogP contribution in [0.4, 0.5) is 4.79 Å². The van der Waals surface area contributed by atoms with E-state index in [4.69, 9.17) is 10.8 Å². The fraction of sp³-hybridized carbons (Fsp3) is 0.667. The van der Waals surface area contributed by atoms with E-state index in [0.717, 1.165) is 25.9 Å². The number of hydrogen-bond donors (Lipinski definition) is 3. The molecule has 18 heavy (non-hydrogen) atoms. The standard InChI is InChI=1S/C6H12N2O.C6H11NO2/c7-6(9)8-4-2-1-3-5-8;1-2-4-7-5-3-6(8)9/h1-5H2,(H2,7,9);2,7H,1,3-5H2,(H,8,9). The number of carbonyl (C=O) groups excluding carboxylic acids is 1. The van der Waals surface area contributed by atoms with E-state index < -0.39 is 5.97 Å². The Morgan fingerprint density at radius 3 is 2.33 bits per heavy atom. The lowest BCUT2D eigenvalue weighted by atomic mass is 10.1. The predicted octanol–water partition coefficient (Wildman–Crippen LogP) is 0.788. The maximum Gasteiger partial charge on any atom is 0.314 e. The molecular formula is C12H23N3O3. The zero-order chi connectivity index (χ0) is 13.8. The van der Waals surface area contributed by atoms with Gasteiger partial charge in [-0.1, -0.05) is 6.08 Å². The predicted molar refractivity (Wildman–Crippen MR) is 70.3 cm³/mol. The lowest BCUT2D eigenvalue weighted by Crippen LogP contribution is -2.39. The van der Waals surface area contributed by atoms with Gasteiger partial charge in [-0.3, -0.25) is 4.79 Å². The van der Waals surface area contributed by atoms with Crippen molar-refractivity contribution < 1.29 is 14.7 Å². The lowest BCUT2D eigenvalue weighted by molar-refractivity contribution is -0.136. The summed E-state index contributed by atoms with van der Waals surface area (Å²) in [5.74, 6) is -0.772. The van der Waals surface area contributed by atoms with Crippen molar-refractivity contribution in [2.45, 2.75) is 25.7 Å². The first-order valence-electron chi connectivity index (χ1n) is 6.15. The summed E-state index contributed by atoms with van der Waals surface area (Å²) >= 11 is 0. The molecule has 0 aromatic rings. The van der Waals surface area contributed by atoms with Gasteiger partial charge in [0, 0.05) is 26.2 Å². The number of nitrogens with one attached hydrogen (secondary N) is 1. The molecule has 1 heterocycles. The number of primary amides is 1. The minimum absolute atomic E-state index is 0.174. The third-order valence-electron chi connectivity index (χ3n) is 2.47. The van der Waals surface area contributed by atoms with Crippen LogP contribution in [0.1, 0.15) is 25.7 Å². The Kier molecular flexibility index (Phi) is 9.67. The van der Waals surface area contributed by atoms with Gasteiger partial charge in [0.25, 0.3) is 0 Å². The summed E-state index contributed by atoms with van der Waals surface area (Å²) < 4.78 is 0. The zero-order valence-corrected chi connectivity index (χ0v) is 10.7. The maximum absolute atomic E-state index is 10.5. The molecule has 4 N–H and O–H groups in total. The van der Waals surface area contributed by atoms with E-state index >= 15 is 0 Å². The summed E-state index contributed by atoms with van der Waals surface area (Å²) in [5.41, 5.74) is 5.05. The molecule has 1 aliphatic rings. The van der Waals surface area contributed by atoms with Crippen molar-refractivity contribution in [2.75, 3.05) is 26.2 Å². The van der Waals surface area contributed by atoms with Gasteiger partial charge in [-0.15, -0.1) is 6.58 Å². The molecule has 0 spiro atoms. The number of likely N-dealkylation sites (tertiary alicyclic amines) is 1. The fourth-order valence-electron chi connectivity index (χ4n) is 1.51. The molecule has 0 unspecified atom stereocenters. The van der Waals surface area contributed by atoms with Gasteiger partial charge in [0.1, 0.15) is 0 Å². The Morgan fingerprint density at radius 1 is 1.33 bits per heavy atom. The highest BCUT2D eigenvalue weighted by Gasteiger charge is 2.11. The van der Waals surface area contributed by atoms with E-state index in [1.54, 1.807) is 11.0 Å². The van der Waals surface area contributed by atoms with Crippen LogP contribution in [0.3, 0.4) is 0 Å². The van der Waals surface area contributed by atoms with Crippen LogP contribution in [0, 0.1) is 0 Å². The number of piperidine rings is 1. The van der Waals surface area contributed by atoms with Crippen molar-refractivity contribution in [1.82, 2.24) is 10.2 Å². The number of urea groups is 1. The monoisotopic (exact) mass is 257 g/mol. The number of nitrogens with two attached hydrogens (primary N) is 1. The van der Waals surface area contributed by atoms with Gasteiger partial charge in [0.05, 0.1) is 6.42 Å². The quantitative estimate of drug-likeness (QED) is 0.501. The van der Waals surface area contributed by atoms with Crippen molar-refractivity contribution in [3.05, 3.63) is 12.7 Å². The second-order valence-corrected chi connectivity index (χ2v) is 4.02. The Bertz CT molecular complexity index is 263. The Labute approximate surface area is 108 Å². The molecule has 0 saturated carbocycles. The van der Waals surface area contributed by atoms with Crippen molar-refractivity contribution in [2.24, 2.45) is 5.73 Å². The summed E-state index contributed by atoms with van der Waals surface area (Å²) in [6, 6.07) is -0.269. The van der Waals surface area contributed by atoms with Crippen LogP contribution in [0.25, 0.3) is 0 Å². The first-order valence-corrected chi connectivity index (χ1v) is 6.15. The van der Waals surface area contributed by atoms with E-state index in [9.17, 15) is 9.59 Å². The summed E-state index contributed by atoms with van der Waals surface area (Å²) in [6.07, 6.45) is 5.34. The molecule has 0 bridgehead atoms. The van der Waals surface area contributed by atoms with E-state index in [1.165, 1.54) is 6.42 Å². The number of nitrogens with zero attached hydrogens (tertiary/aromatic N) is 1. The van der Waals surface area contributed by atoms with Crippen molar-refractivity contribution in [3.63, 3.8) is 0 Å². The minimum Gasteiger partial charge on any atom is -0.481 e. The summed E-state index contributed by atoms with van der Waals surface area (Å²) in [7, 11) is 0. The maximum atomic E-state index is 10.5. The second kappa shape index (κ2) is 10.6. The number of rotatable bonds is 5. The molecule has 0 aromatic heterocycles. The number of amides is 2. The average Bonchev–Trinajstić information content (AvgIpc) is 2.36. The van der Waals surface area contributed by atoms with Crippen LogP contribution in [0.15, 0.2) is 12.7 Å². The number of carboxylic acid groups (broad SMARTS) is 1. The van der Waals surface area contributed by atoms with Gasteiger partial charge in [-0.2, -0.15) is 0 Å². The first kappa shape index (κ1) is 16.4. The fourth-order valence-corrected chi connectivity index (χ4v) is 1.51. The molecule has 0 atom stereocenters. The molecule has 0 aliphatic carbocycles. The third kappa shape index (κ3) is 9.65. The van der Waals surface area contributed by atoms with Gasteiger partial charge in [0.15, 0.2) is 0 Å². The van der Waals surface area contributed by atoms with Gasteiger partial charge in [-0.25, -0.2) is 4.79 Å². The molecule has 6 nitrogen and oxygen atoms in total. The van der Waals surface area contributed by atoms with Crippen molar-refractivity contribution >= 4 is 12.0 Å². The van der Waals surface area contributed by atoms with Crippen molar-refractivity contribution in [3.8, 4) is 0 Å². The van der Waals surface area contributed by atoms with Crippen LogP contribution in [0.5, 0.6) is 0 Å². The van der Waals surface area contributed by atoms with Gasteiger partial charge in [0.2, 0.25) is 0 Å². The van der Waals surface area contributed by atoms with Gasteiger partial charge in [-0.05, 0) is 19.3 Å². The van der Waals surface area contributed by atoms with E-state index in [-0.39, 0.29) is 12.5 Å². The SMILES string of the molecule is C=CCNCCC(=O)O.NC(=O)N1CCCCC1. The van der Waals surface area contributed by atoms with Crippen LogP contribution in [-0.4, -0.2) is 48.2 Å². The van der Waals surface area contributed by atoms with Crippen LogP contribution >= 0.6 is 0 Å². The molecule has 1 rings (SSSR count). The molecule has 104 valence electrons. The number of aliphatic carboxylic acids is 1. The molecule has 1 aliphatic heterocycles. The Morgan fingerprint density at radius 2 is 1.94 bits per heavy atom. The Hall–Kier alpha value is -1.56. The van der Waals surface area contributed by atoms with Crippen molar-refractivity contribution in [1.29, 1.82) is 0 Å². The average molecular weight is 257 g/mol. The molecular weight excluding hydrogens is 234 g/mol. The molecule has 0 aromatic carbocycles. The highest BCUT2D eigenvalue weighted by Crippen LogP contribution is 2.07. The van der Waals surface area contributed by atoms with E-state index in [2.05, 4.69) is 11.9 Å². The number of hydrogen-bond acceptors (Lipinski definition) is 3. The lowest BCUT2D eigenvalue weighted by Gasteiger charge is -2.24. The summed E-state index contributed by atoms with van der Waals surface area (Å²) in [6.45, 7) is 6.37. The summed E-state index contributed by atoms with van der Waals surface area (Å²) in [4.78, 5) is 22.1. The second-order valence-electron chi connectivity index (χ2n) is 4.02. The molecule has 1 saturated heterocycles. The van der Waals surface area contributed by atoms with E-state index in [1.807, 2.05) is 0 Å². The van der Waals surface area contributed by atoms with Gasteiger partial charge >= 0.3 is 12.0 Å². The van der Waals surface area contributed by atoms with Crippen LogP contribution < -0.4 is 11.1 Å². The third-order valence-corrected chi connectivity index (χ3v) is 2.47. The van der Waals surface area contributed by atoms with Crippen LogP contribution in [0.2, 0.25) is 0 Å². The molecule has 0 radical (unpaired) electrons. The molecule has 1 fully saturated rings. The first-order chi connectivity index (χ1) is 8.57. The topological polar surface area (TPSA) is 95.7 Å². The zero-order valence-electron chi connectivity index (χ0n) is 10.7. The number of carboxylic acids is 1. The van der Waals surface area contributed by atoms with Crippen LogP contribution in [-0.2, 0) is 4.79 Å². The highest BCUT2D eigenvalue weighted by molar-refractivity contribution is 5.71. The minimum atomic E-state index is -0.772. The molecule has 6 heteroatoms. The highest BCUT2D eigenvalue weighted by atomic mass is 16.4. The van der Waals surface area contributed by atoms with Gasteiger partial charge < -0.3 is 21.1 Å².